The van der Waals surface area contributed by atoms with Gasteiger partial charge in [-0.05, 0) is 61.9 Å². The van der Waals surface area contributed by atoms with Gasteiger partial charge in [-0.2, -0.15) is 0 Å². The van der Waals surface area contributed by atoms with Crippen molar-refractivity contribution in [2.24, 2.45) is 0 Å². The van der Waals surface area contributed by atoms with Crippen LogP contribution >= 0.6 is 0 Å². The van der Waals surface area contributed by atoms with E-state index in [2.05, 4.69) is 4.72 Å². The predicted molar refractivity (Wildman–Crippen MR) is 96.0 cm³/mol. The molecule has 0 atom stereocenters. The highest BCUT2D eigenvalue weighted by Gasteiger charge is 2.16. The average molecular weight is 365 g/mol. The molecule has 0 saturated carbocycles. The molecule has 6 nitrogen and oxygen atoms in total. The minimum atomic E-state index is -3.59. The largest absolute Gasteiger partial charge is 0.497 e. The van der Waals surface area contributed by atoms with Crippen LogP contribution in [0.25, 0.3) is 0 Å². The Kier molecular flexibility index (Phi) is 6.66. The van der Waals surface area contributed by atoms with Crippen LogP contribution < -0.4 is 18.9 Å². The molecule has 2 aromatic carbocycles. The van der Waals surface area contributed by atoms with Crippen LogP contribution in [-0.4, -0.2) is 35.3 Å². The summed E-state index contributed by atoms with van der Waals surface area (Å²) >= 11 is 0. The first kappa shape index (κ1) is 19.1. The summed E-state index contributed by atoms with van der Waals surface area (Å²) in [4.78, 5) is 0.231. The summed E-state index contributed by atoms with van der Waals surface area (Å²) in [6, 6.07) is 12.0. The van der Waals surface area contributed by atoms with Gasteiger partial charge in [0.05, 0.1) is 18.6 Å². The summed E-state index contributed by atoms with van der Waals surface area (Å²) in [6.07, 6.45) is 0. The number of nitrogens with one attached hydrogen (secondary N) is 1. The number of rotatable bonds is 9. The SMILES string of the molecule is CCOc1ccc(OCCNS(=O)(=O)c2ccc(OC)cc2C)cc1. The molecule has 0 radical (unpaired) electrons. The third-order valence-electron chi connectivity index (χ3n) is 3.47. The Balaban J connectivity index is 1.88. The molecule has 0 fully saturated rings. The molecule has 0 amide bonds. The van der Waals surface area contributed by atoms with E-state index in [1.165, 1.54) is 6.07 Å². The Bertz CT molecular complexity index is 788. The van der Waals surface area contributed by atoms with E-state index >= 15 is 0 Å². The molecule has 0 heterocycles. The van der Waals surface area contributed by atoms with Crippen LogP contribution in [0.5, 0.6) is 17.2 Å². The van der Waals surface area contributed by atoms with Gasteiger partial charge in [0.15, 0.2) is 0 Å². The minimum Gasteiger partial charge on any atom is -0.497 e. The molecule has 0 bridgehead atoms. The van der Waals surface area contributed by atoms with Crippen LogP contribution in [0.3, 0.4) is 0 Å². The molecule has 7 heteroatoms. The van der Waals surface area contributed by atoms with Gasteiger partial charge in [0.25, 0.3) is 0 Å². The number of hydrogen-bond donors (Lipinski definition) is 1. The van der Waals surface area contributed by atoms with Gasteiger partial charge in [0, 0.05) is 6.54 Å². The monoisotopic (exact) mass is 365 g/mol. The zero-order valence-electron chi connectivity index (χ0n) is 14.6. The van der Waals surface area contributed by atoms with Crippen LogP contribution in [0.15, 0.2) is 47.4 Å². The fourth-order valence-electron chi connectivity index (χ4n) is 2.27. The van der Waals surface area contributed by atoms with Gasteiger partial charge in [-0.3, -0.25) is 0 Å². The maximum absolute atomic E-state index is 12.4. The van der Waals surface area contributed by atoms with E-state index in [9.17, 15) is 8.42 Å². The number of sulfonamides is 1. The number of benzene rings is 2. The molecule has 2 rings (SSSR count). The Morgan fingerprint density at radius 3 is 2.12 bits per heavy atom. The normalized spacial score (nSPS) is 11.2. The summed E-state index contributed by atoms with van der Waals surface area (Å²) in [5, 5.41) is 0. The topological polar surface area (TPSA) is 73.9 Å². The molecule has 0 saturated heterocycles. The lowest BCUT2D eigenvalue weighted by atomic mass is 10.2. The lowest BCUT2D eigenvalue weighted by molar-refractivity contribution is 0.319. The summed E-state index contributed by atoms with van der Waals surface area (Å²) in [5.74, 6) is 2.05. The van der Waals surface area contributed by atoms with Crippen molar-refractivity contribution in [3.63, 3.8) is 0 Å². The minimum absolute atomic E-state index is 0.168. The molecule has 0 aromatic heterocycles. The Hall–Kier alpha value is -2.25. The van der Waals surface area contributed by atoms with Crippen molar-refractivity contribution in [1.29, 1.82) is 0 Å². The van der Waals surface area contributed by atoms with E-state index < -0.39 is 10.0 Å². The first-order valence-electron chi connectivity index (χ1n) is 7.96. The van der Waals surface area contributed by atoms with Crippen LogP contribution in [-0.2, 0) is 10.0 Å². The number of ether oxygens (including phenoxy) is 3. The van der Waals surface area contributed by atoms with E-state index in [-0.39, 0.29) is 18.0 Å². The van der Waals surface area contributed by atoms with Gasteiger partial charge in [-0.15, -0.1) is 0 Å². The van der Waals surface area contributed by atoms with Crippen LogP contribution in [0.1, 0.15) is 12.5 Å². The van der Waals surface area contributed by atoms with Crippen molar-refractivity contribution in [1.82, 2.24) is 4.72 Å². The van der Waals surface area contributed by atoms with Crippen molar-refractivity contribution >= 4 is 10.0 Å². The van der Waals surface area contributed by atoms with Gasteiger partial charge in [-0.25, -0.2) is 13.1 Å². The molecular weight excluding hydrogens is 342 g/mol. The first-order valence-corrected chi connectivity index (χ1v) is 9.44. The summed E-state index contributed by atoms with van der Waals surface area (Å²) in [7, 11) is -2.05. The third kappa shape index (κ3) is 5.37. The van der Waals surface area contributed by atoms with E-state index in [4.69, 9.17) is 14.2 Å². The summed E-state index contributed by atoms with van der Waals surface area (Å²) in [6.45, 7) is 4.64. The van der Waals surface area contributed by atoms with Crippen LogP contribution in [0, 0.1) is 6.92 Å². The Morgan fingerprint density at radius 2 is 1.56 bits per heavy atom. The Morgan fingerprint density at radius 1 is 0.960 bits per heavy atom. The lowest BCUT2D eigenvalue weighted by Crippen LogP contribution is -2.28. The molecule has 0 aliphatic carbocycles. The van der Waals surface area contributed by atoms with Crippen molar-refractivity contribution in [3.05, 3.63) is 48.0 Å². The quantitative estimate of drug-likeness (QED) is 0.692. The molecule has 0 aliphatic rings. The number of methoxy groups -OCH3 is 1. The molecule has 0 unspecified atom stereocenters. The van der Waals surface area contributed by atoms with Crippen LogP contribution in [0.2, 0.25) is 0 Å². The van der Waals surface area contributed by atoms with Crippen LogP contribution in [0.4, 0.5) is 0 Å². The highest BCUT2D eigenvalue weighted by atomic mass is 32.2. The highest BCUT2D eigenvalue weighted by Crippen LogP contribution is 2.21. The molecule has 136 valence electrons. The second-order valence-electron chi connectivity index (χ2n) is 5.28. The molecular formula is C18H23NO5S. The number of hydrogen-bond acceptors (Lipinski definition) is 5. The standard InChI is InChI=1S/C18H23NO5S/c1-4-23-15-5-7-16(8-6-15)24-12-11-19-25(20,21)18-10-9-17(22-3)13-14(18)2/h5-10,13,19H,4,11-12H2,1-3H3. The highest BCUT2D eigenvalue weighted by molar-refractivity contribution is 7.89. The van der Waals surface area contributed by atoms with Crippen molar-refractivity contribution in [2.45, 2.75) is 18.7 Å². The fraction of sp³-hybridized carbons (Fsp3) is 0.333. The zero-order chi connectivity index (χ0) is 18.3. The van der Waals surface area contributed by atoms with E-state index in [1.54, 1.807) is 38.3 Å². The number of aryl methyl sites for hydroxylation is 1. The second kappa shape index (κ2) is 8.73. The first-order chi connectivity index (χ1) is 12.0. The molecule has 25 heavy (non-hydrogen) atoms. The second-order valence-corrected chi connectivity index (χ2v) is 7.02. The average Bonchev–Trinajstić information content (AvgIpc) is 2.60. The van der Waals surface area contributed by atoms with Gasteiger partial charge < -0.3 is 14.2 Å². The maximum Gasteiger partial charge on any atom is 0.240 e. The van der Waals surface area contributed by atoms with E-state index in [0.717, 1.165) is 5.75 Å². The summed E-state index contributed by atoms with van der Waals surface area (Å²) < 4.78 is 43.2. The summed E-state index contributed by atoms with van der Waals surface area (Å²) in [5.41, 5.74) is 0.624. The predicted octanol–water partition coefficient (Wildman–Crippen LogP) is 2.76. The molecule has 0 aliphatic heterocycles. The van der Waals surface area contributed by atoms with Gasteiger partial charge in [0.1, 0.15) is 23.9 Å². The smallest absolute Gasteiger partial charge is 0.240 e. The lowest BCUT2D eigenvalue weighted by Gasteiger charge is -2.11. The third-order valence-corrected chi connectivity index (χ3v) is 5.09. The maximum atomic E-state index is 12.4. The van der Waals surface area contributed by atoms with Crippen molar-refractivity contribution in [3.8, 4) is 17.2 Å². The Labute approximate surface area is 148 Å². The van der Waals surface area contributed by atoms with E-state index in [1.807, 2.05) is 19.1 Å². The van der Waals surface area contributed by atoms with Gasteiger partial charge in [0.2, 0.25) is 10.0 Å². The van der Waals surface area contributed by atoms with Crippen molar-refractivity contribution < 1.29 is 22.6 Å². The van der Waals surface area contributed by atoms with Crippen molar-refractivity contribution in [2.75, 3.05) is 26.9 Å². The molecule has 1 N–H and O–H groups in total. The molecule has 2 aromatic rings. The van der Waals surface area contributed by atoms with E-state index in [0.29, 0.717) is 23.7 Å². The zero-order valence-corrected chi connectivity index (χ0v) is 15.4. The van der Waals surface area contributed by atoms with Gasteiger partial charge in [-0.1, -0.05) is 0 Å². The van der Waals surface area contributed by atoms with Gasteiger partial charge >= 0.3 is 0 Å². The molecule has 0 spiro atoms. The fourth-order valence-corrected chi connectivity index (χ4v) is 3.51.